The zero-order valence-electron chi connectivity index (χ0n) is 8.58. The van der Waals surface area contributed by atoms with E-state index in [1.807, 2.05) is 11.4 Å². The summed E-state index contributed by atoms with van der Waals surface area (Å²) < 4.78 is 14.9. The number of carbonyl (C=O) groups excluding carboxylic acids is 1. The molecule has 1 aliphatic rings. The molecule has 16 heavy (non-hydrogen) atoms. The van der Waals surface area contributed by atoms with Gasteiger partial charge in [0.2, 0.25) is 0 Å². The topological polar surface area (TPSA) is 44.8 Å². The van der Waals surface area contributed by atoms with E-state index in [4.69, 9.17) is 9.47 Å². The summed E-state index contributed by atoms with van der Waals surface area (Å²) in [6.45, 7) is 0. The molecule has 0 saturated heterocycles. The molecule has 1 aliphatic heterocycles. The van der Waals surface area contributed by atoms with Crippen LogP contribution in [0, 0.1) is 0 Å². The molecule has 1 aromatic rings. The third-order valence-electron chi connectivity index (χ3n) is 1.96. The fourth-order valence-corrected chi connectivity index (χ4v) is 2.00. The Hall–Kier alpha value is -1.75. The lowest BCUT2D eigenvalue weighted by Crippen LogP contribution is -1.94. The molecule has 0 N–H and O–H groups in total. The monoisotopic (exact) mass is 238 g/mol. The Morgan fingerprint density at radius 1 is 1.50 bits per heavy atom. The summed E-state index contributed by atoms with van der Waals surface area (Å²) in [6, 6.07) is 1.90. The van der Waals surface area contributed by atoms with E-state index >= 15 is 0 Å². The largest absolute Gasteiger partial charge is 0.466 e. The van der Waals surface area contributed by atoms with Crippen LogP contribution in [-0.2, 0) is 19.0 Å². The van der Waals surface area contributed by atoms with Crippen LogP contribution in [0.4, 0.5) is 0 Å². The van der Waals surface area contributed by atoms with Crippen molar-refractivity contribution in [2.45, 2.75) is 6.29 Å². The lowest BCUT2D eigenvalue weighted by atomic mass is 10.3. The van der Waals surface area contributed by atoms with Crippen LogP contribution in [0.3, 0.4) is 0 Å². The van der Waals surface area contributed by atoms with Gasteiger partial charge in [-0.1, -0.05) is 0 Å². The van der Waals surface area contributed by atoms with E-state index in [2.05, 4.69) is 4.74 Å². The smallest absolute Gasteiger partial charge is 0.330 e. The van der Waals surface area contributed by atoms with E-state index < -0.39 is 0 Å². The van der Waals surface area contributed by atoms with Gasteiger partial charge in [0.15, 0.2) is 0 Å². The Morgan fingerprint density at radius 3 is 2.94 bits per heavy atom. The molecule has 2 rings (SSSR count). The van der Waals surface area contributed by atoms with Crippen LogP contribution in [0.5, 0.6) is 0 Å². The number of esters is 1. The second-order valence-electron chi connectivity index (χ2n) is 3.02. The first kappa shape index (κ1) is 10.8. The van der Waals surface area contributed by atoms with Crippen molar-refractivity contribution in [3.8, 4) is 0 Å². The lowest BCUT2D eigenvalue weighted by molar-refractivity contribution is -0.134. The van der Waals surface area contributed by atoms with Crippen LogP contribution in [0.25, 0.3) is 6.08 Å². The van der Waals surface area contributed by atoms with Gasteiger partial charge in [-0.15, -0.1) is 11.3 Å². The number of rotatable bonds is 3. The summed E-state index contributed by atoms with van der Waals surface area (Å²) in [4.78, 5) is 11.8. The zero-order valence-corrected chi connectivity index (χ0v) is 9.40. The SMILES string of the molecule is COC(=O)/C=C/c1cc(C2OC=CO2)cs1. The lowest BCUT2D eigenvalue weighted by Gasteiger charge is -2.06. The van der Waals surface area contributed by atoms with Gasteiger partial charge in [0.25, 0.3) is 6.29 Å². The van der Waals surface area contributed by atoms with Crippen molar-refractivity contribution in [2.24, 2.45) is 0 Å². The van der Waals surface area contributed by atoms with Crippen LogP contribution in [0.15, 0.2) is 30.0 Å². The Labute approximate surface area is 96.7 Å². The van der Waals surface area contributed by atoms with E-state index in [1.165, 1.54) is 37.0 Å². The first-order chi connectivity index (χ1) is 7.79. The molecular formula is C11H10O4S. The molecule has 1 aromatic heterocycles. The van der Waals surface area contributed by atoms with Gasteiger partial charge < -0.3 is 14.2 Å². The van der Waals surface area contributed by atoms with Crippen LogP contribution in [-0.4, -0.2) is 13.1 Å². The molecule has 0 atom stereocenters. The van der Waals surface area contributed by atoms with Crippen molar-refractivity contribution >= 4 is 23.4 Å². The molecule has 4 nitrogen and oxygen atoms in total. The third-order valence-corrected chi connectivity index (χ3v) is 2.87. The quantitative estimate of drug-likeness (QED) is 0.599. The molecule has 0 fully saturated rings. The molecule has 0 spiro atoms. The van der Waals surface area contributed by atoms with Gasteiger partial charge in [0.05, 0.1) is 7.11 Å². The summed E-state index contributed by atoms with van der Waals surface area (Å²) in [7, 11) is 1.35. The van der Waals surface area contributed by atoms with Gasteiger partial charge in [-0.25, -0.2) is 4.79 Å². The van der Waals surface area contributed by atoms with Crippen molar-refractivity contribution in [3.05, 3.63) is 40.5 Å². The summed E-state index contributed by atoms with van der Waals surface area (Å²) in [5.74, 6) is -0.370. The normalized spacial score (nSPS) is 15.1. The van der Waals surface area contributed by atoms with Gasteiger partial charge in [0, 0.05) is 21.9 Å². The van der Waals surface area contributed by atoms with Crippen molar-refractivity contribution in [1.82, 2.24) is 0 Å². The maximum absolute atomic E-state index is 10.9. The summed E-state index contributed by atoms with van der Waals surface area (Å²) in [5.41, 5.74) is 0.930. The molecular weight excluding hydrogens is 228 g/mol. The molecule has 0 aromatic carbocycles. The van der Waals surface area contributed by atoms with Crippen LogP contribution in [0.1, 0.15) is 16.7 Å². The molecule has 2 heterocycles. The second kappa shape index (κ2) is 4.85. The number of carbonyl (C=O) groups is 1. The molecule has 0 aliphatic carbocycles. The fourth-order valence-electron chi connectivity index (χ4n) is 1.19. The highest BCUT2D eigenvalue weighted by Crippen LogP contribution is 2.28. The Kier molecular flexibility index (Phi) is 3.26. The van der Waals surface area contributed by atoms with E-state index in [0.29, 0.717) is 0 Å². The molecule has 0 unspecified atom stereocenters. The number of ether oxygens (including phenoxy) is 3. The first-order valence-electron chi connectivity index (χ1n) is 4.60. The molecule has 0 radical (unpaired) electrons. The van der Waals surface area contributed by atoms with Crippen molar-refractivity contribution in [2.75, 3.05) is 7.11 Å². The highest BCUT2D eigenvalue weighted by atomic mass is 32.1. The highest BCUT2D eigenvalue weighted by Gasteiger charge is 2.16. The fraction of sp³-hybridized carbons (Fsp3) is 0.182. The number of hydrogen-bond donors (Lipinski definition) is 0. The summed E-state index contributed by atoms with van der Waals surface area (Å²) >= 11 is 1.51. The van der Waals surface area contributed by atoms with Crippen LogP contribution >= 0.6 is 11.3 Å². The van der Waals surface area contributed by atoms with Crippen LogP contribution < -0.4 is 0 Å². The van der Waals surface area contributed by atoms with Gasteiger partial charge in [-0.2, -0.15) is 0 Å². The standard InChI is InChI=1S/C11H10O4S/c1-13-10(12)3-2-9-6-8(7-16-9)11-14-4-5-15-11/h2-7,11H,1H3/b3-2+. The van der Waals surface area contributed by atoms with Gasteiger partial charge in [0.1, 0.15) is 12.5 Å². The second-order valence-corrected chi connectivity index (χ2v) is 3.96. The Morgan fingerprint density at radius 2 is 2.25 bits per heavy atom. The predicted molar refractivity (Wildman–Crippen MR) is 59.4 cm³/mol. The molecule has 84 valence electrons. The predicted octanol–water partition coefficient (Wildman–Crippen LogP) is 2.45. The minimum atomic E-state index is -0.370. The van der Waals surface area contributed by atoms with E-state index in [0.717, 1.165) is 10.4 Å². The highest BCUT2D eigenvalue weighted by molar-refractivity contribution is 7.11. The van der Waals surface area contributed by atoms with Gasteiger partial charge in [-0.05, 0) is 12.1 Å². The minimum absolute atomic E-state index is 0.364. The first-order valence-corrected chi connectivity index (χ1v) is 5.48. The average molecular weight is 238 g/mol. The Bertz CT molecular complexity index is 425. The van der Waals surface area contributed by atoms with Crippen LogP contribution in [0.2, 0.25) is 0 Å². The van der Waals surface area contributed by atoms with Gasteiger partial charge in [-0.3, -0.25) is 0 Å². The number of methoxy groups -OCH3 is 1. The van der Waals surface area contributed by atoms with E-state index in [-0.39, 0.29) is 12.3 Å². The van der Waals surface area contributed by atoms with Crippen molar-refractivity contribution < 1.29 is 19.0 Å². The maximum Gasteiger partial charge on any atom is 0.330 e. The molecule has 5 heteroatoms. The third kappa shape index (κ3) is 2.43. The minimum Gasteiger partial charge on any atom is -0.466 e. The molecule has 0 amide bonds. The number of hydrogen-bond acceptors (Lipinski definition) is 5. The van der Waals surface area contributed by atoms with E-state index in [9.17, 15) is 4.79 Å². The number of thiophene rings is 1. The average Bonchev–Trinajstić information content (AvgIpc) is 2.95. The zero-order chi connectivity index (χ0) is 11.4. The van der Waals surface area contributed by atoms with E-state index in [1.54, 1.807) is 6.08 Å². The summed E-state index contributed by atoms with van der Waals surface area (Å²) in [6.07, 6.45) is 5.72. The van der Waals surface area contributed by atoms with Gasteiger partial charge >= 0.3 is 5.97 Å². The summed E-state index contributed by atoms with van der Waals surface area (Å²) in [5, 5.41) is 1.93. The van der Waals surface area contributed by atoms with Crippen molar-refractivity contribution in [3.63, 3.8) is 0 Å². The Balaban J connectivity index is 2.02. The maximum atomic E-state index is 10.9. The van der Waals surface area contributed by atoms with Crippen molar-refractivity contribution in [1.29, 1.82) is 0 Å². The molecule has 0 bridgehead atoms. The molecule has 0 saturated carbocycles.